The van der Waals surface area contributed by atoms with Gasteiger partial charge in [0.1, 0.15) is 0 Å². The van der Waals surface area contributed by atoms with Crippen LogP contribution in [0.5, 0.6) is 0 Å². The largest absolute Gasteiger partial charge is 0.389 e. The van der Waals surface area contributed by atoms with Crippen molar-refractivity contribution < 1.29 is 9.90 Å². The number of nitrogens with zero attached hydrogens (tertiary/aromatic N) is 3. The number of carbonyl (C=O) groups excluding carboxylic acids is 1. The Morgan fingerprint density at radius 1 is 1.21 bits per heavy atom. The molecule has 19 heavy (non-hydrogen) atoms. The fourth-order valence-corrected chi connectivity index (χ4v) is 3.07. The molecule has 2 fully saturated rings. The normalized spacial score (nSPS) is 26.9. The van der Waals surface area contributed by atoms with Crippen LogP contribution in [0, 0.1) is 5.92 Å². The molecule has 0 radical (unpaired) electrons. The van der Waals surface area contributed by atoms with E-state index >= 15 is 0 Å². The molecule has 5 nitrogen and oxygen atoms in total. The van der Waals surface area contributed by atoms with Crippen molar-refractivity contribution in [3.63, 3.8) is 0 Å². The molecule has 0 spiro atoms. The van der Waals surface area contributed by atoms with Crippen molar-refractivity contribution in [3.05, 3.63) is 0 Å². The molecule has 2 aliphatic rings. The smallest absolute Gasteiger partial charge is 0.227 e. The highest BCUT2D eigenvalue weighted by Crippen LogP contribution is 2.18. The van der Waals surface area contributed by atoms with Crippen molar-refractivity contribution in [1.29, 1.82) is 0 Å². The first-order valence-corrected chi connectivity index (χ1v) is 7.27. The van der Waals surface area contributed by atoms with E-state index in [-0.39, 0.29) is 5.92 Å². The highest BCUT2D eigenvalue weighted by atomic mass is 16.3. The van der Waals surface area contributed by atoms with Crippen LogP contribution in [0.3, 0.4) is 0 Å². The lowest BCUT2D eigenvalue weighted by atomic mass is 10.1. The monoisotopic (exact) mass is 269 g/mol. The minimum Gasteiger partial charge on any atom is -0.389 e. The average molecular weight is 269 g/mol. The Balaban J connectivity index is 1.78. The standard InChI is InChI=1S/C14H27N3O2/c1-14(2,19)11-16-6-8-17(9-7-16)13(18)12-4-5-15(3)10-12/h12,19H,4-11H2,1-3H3. The van der Waals surface area contributed by atoms with Crippen molar-refractivity contribution in [2.24, 2.45) is 5.92 Å². The second-order valence-corrected chi connectivity index (χ2v) is 6.66. The number of likely N-dealkylation sites (tertiary alicyclic amines) is 1. The number of piperazine rings is 1. The molecule has 5 heteroatoms. The predicted molar refractivity (Wildman–Crippen MR) is 74.9 cm³/mol. The zero-order valence-corrected chi connectivity index (χ0v) is 12.4. The zero-order valence-electron chi connectivity index (χ0n) is 12.4. The topological polar surface area (TPSA) is 47.0 Å². The lowest BCUT2D eigenvalue weighted by Crippen LogP contribution is -2.53. The van der Waals surface area contributed by atoms with Gasteiger partial charge in [0.25, 0.3) is 0 Å². The van der Waals surface area contributed by atoms with E-state index in [1.165, 1.54) is 0 Å². The van der Waals surface area contributed by atoms with E-state index in [4.69, 9.17) is 0 Å². The van der Waals surface area contributed by atoms with Gasteiger partial charge in [-0.1, -0.05) is 0 Å². The van der Waals surface area contributed by atoms with Gasteiger partial charge in [-0.05, 0) is 33.9 Å². The van der Waals surface area contributed by atoms with Crippen molar-refractivity contribution in [3.8, 4) is 0 Å². The molecular formula is C14H27N3O2. The Morgan fingerprint density at radius 2 is 1.84 bits per heavy atom. The van der Waals surface area contributed by atoms with Crippen LogP contribution < -0.4 is 0 Å². The Bertz CT molecular complexity index is 319. The second kappa shape index (κ2) is 5.77. The summed E-state index contributed by atoms with van der Waals surface area (Å²) in [5, 5.41) is 9.82. The molecule has 2 aliphatic heterocycles. The van der Waals surface area contributed by atoms with E-state index in [9.17, 15) is 9.90 Å². The predicted octanol–water partition coefficient (Wildman–Crippen LogP) is -0.147. The number of β-amino-alcohol motifs (C(OH)–C–C–N with tert-alkyl or cyclic N) is 1. The summed E-state index contributed by atoms with van der Waals surface area (Å²) in [6, 6.07) is 0. The van der Waals surface area contributed by atoms with Gasteiger partial charge in [-0.3, -0.25) is 9.69 Å². The Hall–Kier alpha value is -0.650. The molecule has 2 rings (SSSR count). The molecule has 0 saturated carbocycles. The molecule has 2 saturated heterocycles. The lowest BCUT2D eigenvalue weighted by molar-refractivity contribution is -0.137. The highest BCUT2D eigenvalue weighted by Gasteiger charge is 2.32. The Morgan fingerprint density at radius 3 is 2.32 bits per heavy atom. The molecule has 1 unspecified atom stereocenters. The van der Waals surface area contributed by atoms with E-state index in [0.29, 0.717) is 12.5 Å². The van der Waals surface area contributed by atoms with Gasteiger partial charge >= 0.3 is 0 Å². The van der Waals surface area contributed by atoms with Gasteiger partial charge in [0.05, 0.1) is 11.5 Å². The summed E-state index contributed by atoms with van der Waals surface area (Å²) in [6.45, 7) is 9.64. The first kappa shape index (κ1) is 14.8. The number of carbonyl (C=O) groups is 1. The molecule has 2 heterocycles. The van der Waals surface area contributed by atoms with E-state index in [1.54, 1.807) is 0 Å². The summed E-state index contributed by atoms with van der Waals surface area (Å²) in [5.74, 6) is 0.526. The Labute approximate surface area is 116 Å². The molecular weight excluding hydrogens is 242 g/mol. The molecule has 0 aromatic heterocycles. The zero-order chi connectivity index (χ0) is 14.0. The number of hydrogen-bond donors (Lipinski definition) is 1. The number of amides is 1. The summed E-state index contributed by atoms with van der Waals surface area (Å²) in [5.41, 5.74) is -0.652. The summed E-state index contributed by atoms with van der Waals surface area (Å²) >= 11 is 0. The third-order valence-corrected chi connectivity index (χ3v) is 4.04. The number of hydrogen-bond acceptors (Lipinski definition) is 4. The third kappa shape index (κ3) is 4.16. The van der Waals surface area contributed by atoms with E-state index in [2.05, 4.69) is 16.8 Å². The number of aliphatic hydroxyl groups is 1. The first-order valence-electron chi connectivity index (χ1n) is 7.27. The maximum Gasteiger partial charge on any atom is 0.227 e. The SMILES string of the molecule is CN1CCC(C(=O)N2CCN(CC(C)(C)O)CC2)C1. The van der Waals surface area contributed by atoms with Crippen molar-refractivity contribution >= 4 is 5.91 Å². The molecule has 0 aliphatic carbocycles. The third-order valence-electron chi connectivity index (χ3n) is 4.04. The molecule has 1 amide bonds. The maximum absolute atomic E-state index is 12.4. The van der Waals surface area contributed by atoms with Gasteiger partial charge < -0.3 is 14.9 Å². The van der Waals surface area contributed by atoms with Gasteiger partial charge in [-0.2, -0.15) is 0 Å². The summed E-state index contributed by atoms with van der Waals surface area (Å²) in [7, 11) is 2.08. The van der Waals surface area contributed by atoms with Crippen LogP contribution in [0.25, 0.3) is 0 Å². The second-order valence-electron chi connectivity index (χ2n) is 6.66. The van der Waals surface area contributed by atoms with Gasteiger partial charge in [-0.25, -0.2) is 0 Å². The van der Waals surface area contributed by atoms with Crippen LogP contribution in [0.1, 0.15) is 20.3 Å². The fraction of sp³-hybridized carbons (Fsp3) is 0.929. The molecule has 0 aromatic carbocycles. The van der Waals surface area contributed by atoms with Gasteiger partial charge in [0.2, 0.25) is 5.91 Å². The summed E-state index contributed by atoms with van der Waals surface area (Å²) in [6.07, 6.45) is 0.999. The molecule has 110 valence electrons. The molecule has 1 N–H and O–H groups in total. The number of rotatable bonds is 3. The van der Waals surface area contributed by atoms with Crippen molar-refractivity contribution in [2.75, 3.05) is 52.9 Å². The lowest BCUT2D eigenvalue weighted by Gasteiger charge is -2.38. The van der Waals surface area contributed by atoms with Crippen LogP contribution >= 0.6 is 0 Å². The maximum atomic E-state index is 12.4. The van der Waals surface area contributed by atoms with Crippen LogP contribution in [-0.4, -0.2) is 84.2 Å². The molecule has 0 bridgehead atoms. The minimum absolute atomic E-state index is 0.200. The van der Waals surface area contributed by atoms with E-state index in [0.717, 1.165) is 45.7 Å². The average Bonchev–Trinajstić information content (AvgIpc) is 2.74. The van der Waals surface area contributed by atoms with E-state index < -0.39 is 5.60 Å². The van der Waals surface area contributed by atoms with Gasteiger partial charge in [-0.15, -0.1) is 0 Å². The Kier molecular flexibility index (Phi) is 4.48. The van der Waals surface area contributed by atoms with Gasteiger partial charge in [0, 0.05) is 39.3 Å². The summed E-state index contributed by atoms with van der Waals surface area (Å²) < 4.78 is 0. The molecule has 0 aromatic rings. The van der Waals surface area contributed by atoms with Gasteiger partial charge in [0.15, 0.2) is 0 Å². The van der Waals surface area contributed by atoms with E-state index in [1.807, 2.05) is 18.7 Å². The quantitative estimate of drug-likeness (QED) is 0.774. The highest BCUT2D eigenvalue weighted by molar-refractivity contribution is 5.79. The fourth-order valence-electron chi connectivity index (χ4n) is 3.07. The van der Waals surface area contributed by atoms with Crippen molar-refractivity contribution in [2.45, 2.75) is 25.9 Å². The summed E-state index contributed by atoms with van der Waals surface area (Å²) in [4.78, 5) is 18.8. The first-order chi connectivity index (χ1) is 8.85. The van der Waals surface area contributed by atoms with Crippen molar-refractivity contribution in [1.82, 2.24) is 14.7 Å². The minimum atomic E-state index is -0.652. The van der Waals surface area contributed by atoms with Crippen LogP contribution in [-0.2, 0) is 4.79 Å². The molecule has 1 atom stereocenters. The van der Waals surface area contributed by atoms with Crippen LogP contribution in [0.4, 0.5) is 0 Å². The van der Waals surface area contributed by atoms with Crippen LogP contribution in [0.15, 0.2) is 0 Å². The van der Waals surface area contributed by atoms with Crippen LogP contribution in [0.2, 0.25) is 0 Å².